The van der Waals surface area contributed by atoms with Gasteiger partial charge in [0.1, 0.15) is 5.82 Å². The lowest BCUT2D eigenvalue weighted by Gasteiger charge is -2.38. The second kappa shape index (κ2) is 8.11. The zero-order valence-corrected chi connectivity index (χ0v) is 14.9. The molecule has 3 rings (SSSR count). The van der Waals surface area contributed by atoms with Crippen LogP contribution in [0.2, 0.25) is 0 Å². The van der Waals surface area contributed by atoms with E-state index in [1.807, 2.05) is 25.5 Å². The van der Waals surface area contributed by atoms with Gasteiger partial charge in [0.15, 0.2) is 0 Å². The third kappa shape index (κ3) is 4.47. The summed E-state index contributed by atoms with van der Waals surface area (Å²) in [6.07, 6.45) is 10.6. The molecule has 4 nitrogen and oxygen atoms in total. The van der Waals surface area contributed by atoms with Gasteiger partial charge in [0.25, 0.3) is 0 Å². The lowest BCUT2D eigenvalue weighted by atomic mass is 9.71. The highest BCUT2D eigenvalue weighted by molar-refractivity contribution is 5.29. The van der Waals surface area contributed by atoms with Crippen molar-refractivity contribution in [1.29, 1.82) is 0 Å². The van der Waals surface area contributed by atoms with E-state index >= 15 is 0 Å². The van der Waals surface area contributed by atoms with E-state index < -0.39 is 0 Å². The van der Waals surface area contributed by atoms with E-state index in [2.05, 4.69) is 10.4 Å². The van der Waals surface area contributed by atoms with Gasteiger partial charge in [-0.3, -0.25) is 4.68 Å². The molecule has 136 valence electrons. The number of halogens is 1. The highest BCUT2D eigenvalue weighted by Gasteiger charge is 2.32. The average molecular weight is 345 g/mol. The molecular formula is C20H28FN3O. The Morgan fingerprint density at radius 1 is 1.28 bits per heavy atom. The van der Waals surface area contributed by atoms with Crippen LogP contribution >= 0.6 is 0 Å². The van der Waals surface area contributed by atoms with E-state index in [1.165, 1.54) is 25.3 Å². The third-order valence-corrected chi connectivity index (χ3v) is 5.48. The molecule has 0 saturated heterocycles. The first kappa shape index (κ1) is 18.1. The van der Waals surface area contributed by atoms with Gasteiger partial charge >= 0.3 is 0 Å². The molecule has 1 saturated carbocycles. The maximum Gasteiger partial charge on any atom is 0.123 e. The van der Waals surface area contributed by atoms with Crippen molar-refractivity contribution in [3.63, 3.8) is 0 Å². The van der Waals surface area contributed by atoms with Crippen LogP contribution in [0.5, 0.6) is 0 Å². The normalized spacial score (nSPS) is 18.2. The van der Waals surface area contributed by atoms with Gasteiger partial charge in [-0.25, -0.2) is 4.39 Å². The highest BCUT2D eigenvalue weighted by Crippen LogP contribution is 2.39. The van der Waals surface area contributed by atoms with Crippen molar-refractivity contribution in [1.82, 2.24) is 15.1 Å². The molecule has 0 aliphatic heterocycles. The van der Waals surface area contributed by atoms with Crippen LogP contribution in [0.15, 0.2) is 36.7 Å². The van der Waals surface area contributed by atoms with E-state index in [9.17, 15) is 9.50 Å². The van der Waals surface area contributed by atoms with Crippen LogP contribution in [0.4, 0.5) is 4.39 Å². The van der Waals surface area contributed by atoms with E-state index in [-0.39, 0.29) is 23.9 Å². The molecule has 1 aromatic heterocycles. The van der Waals surface area contributed by atoms with Crippen LogP contribution in [0.25, 0.3) is 0 Å². The Labute approximate surface area is 149 Å². The third-order valence-electron chi connectivity index (χ3n) is 5.48. The molecule has 0 bridgehead atoms. The van der Waals surface area contributed by atoms with E-state index in [0.717, 1.165) is 36.9 Å². The molecule has 25 heavy (non-hydrogen) atoms. The minimum absolute atomic E-state index is 0.0955. The van der Waals surface area contributed by atoms with Gasteiger partial charge in [-0.2, -0.15) is 5.10 Å². The van der Waals surface area contributed by atoms with Crippen molar-refractivity contribution in [3.05, 3.63) is 53.6 Å². The minimum Gasteiger partial charge on any atom is -0.396 e. The second-order valence-electron chi connectivity index (χ2n) is 7.35. The first-order valence-corrected chi connectivity index (χ1v) is 9.20. The number of benzene rings is 1. The number of aromatic nitrogens is 2. The van der Waals surface area contributed by atoms with Crippen molar-refractivity contribution in [2.45, 2.75) is 44.6 Å². The number of aliphatic hydroxyl groups excluding tert-OH is 1. The standard InChI is InChI=1S/C20H28FN3O/c1-24-14-17(13-23-24)19(16-6-5-7-18(21)12-16)22-15-20(10-11-25)8-3-2-4-9-20/h5-7,12-14,19,22,25H,2-4,8-11,15H2,1H3. The molecule has 1 aromatic carbocycles. The van der Waals surface area contributed by atoms with Crippen molar-refractivity contribution >= 4 is 0 Å². The number of aliphatic hydroxyl groups is 1. The molecule has 0 radical (unpaired) electrons. The first-order chi connectivity index (χ1) is 12.1. The smallest absolute Gasteiger partial charge is 0.123 e. The molecular weight excluding hydrogens is 317 g/mol. The lowest BCUT2D eigenvalue weighted by molar-refractivity contribution is 0.124. The Morgan fingerprint density at radius 2 is 2.08 bits per heavy atom. The fraction of sp³-hybridized carbons (Fsp3) is 0.550. The van der Waals surface area contributed by atoms with Gasteiger partial charge in [-0.05, 0) is 42.4 Å². The summed E-state index contributed by atoms with van der Waals surface area (Å²) in [6.45, 7) is 1.04. The molecule has 1 aliphatic rings. The van der Waals surface area contributed by atoms with E-state index in [1.54, 1.807) is 16.8 Å². The highest BCUT2D eigenvalue weighted by atomic mass is 19.1. The van der Waals surface area contributed by atoms with Crippen LogP contribution < -0.4 is 5.32 Å². The van der Waals surface area contributed by atoms with Gasteiger partial charge in [0.2, 0.25) is 0 Å². The quantitative estimate of drug-likeness (QED) is 0.806. The number of nitrogens with zero attached hydrogens (tertiary/aromatic N) is 2. The van der Waals surface area contributed by atoms with Crippen molar-refractivity contribution < 1.29 is 9.50 Å². The van der Waals surface area contributed by atoms with Gasteiger partial charge in [-0.15, -0.1) is 0 Å². The summed E-state index contributed by atoms with van der Waals surface area (Å²) in [6, 6.07) is 6.66. The Morgan fingerprint density at radius 3 is 2.72 bits per heavy atom. The maximum atomic E-state index is 13.8. The molecule has 0 spiro atoms. The fourth-order valence-electron chi connectivity index (χ4n) is 4.08. The second-order valence-corrected chi connectivity index (χ2v) is 7.35. The fourth-order valence-corrected chi connectivity index (χ4v) is 4.08. The molecule has 0 amide bonds. The Hall–Kier alpha value is -1.72. The van der Waals surface area contributed by atoms with Crippen LogP contribution in [-0.2, 0) is 7.05 Å². The summed E-state index contributed by atoms with van der Waals surface area (Å²) < 4.78 is 15.5. The van der Waals surface area contributed by atoms with Crippen LogP contribution in [-0.4, -0.2) is 28.0 Å². The number of hydrogen-bond acceptors (Lipinski definition) is 3. The van der Waals surface area contributed by atoms with Gasteiger partial charge in [0, 0.05) is 32.0 Å². The molecule has 2 aromatic rings. The average Bonchev–Trinajstić information content (AvgIpc) is 3.02. The number of aryl methyl sites for hydroxylation is 1. The predicted molar refractivity (Wildman–Crippen MR) is 96.7 cm³/mol. The van der Waals surface area contributed by atoms with Crippen molar-refractivity contribution in [3.8, 4) is 0 Å². The lowest BCUT2D eigenvalue weighted by Crippen LogP contribution is -2.39. The Kier molecular flexibility index (Phi) is 5.86. The monoisotopic (exact) mass is 345 g/mol. The molecule has 5 heteroatoms. The van der Waals surface area contributed by atoms with Gasteiger partial charge in [0.05, 0.1) is 12.2 Å². The van der Waals surface area contributed by atoms with Crippen LogP contribution in [0, 0.1) is 11.2 Å². The molecule has 1 heterocycles. The zero-order valence-electron chi connectivity index (χ0n) is 14.9. The molecule has 1 atom stereocenters. The van der Waals surface area contributed by atoms with Crippen molar-refractivity contribution in [2.75, 3.05) is 13.2 Å². The zero-order chi connectivity index (χ0) is 17.7. The molecule has 1 aliphatic carbocycles. The number of hydrogen-bond donors (Lipinski definition) is 2. The summed E-state index contributed by atoms with van der Waals surface area (Å²) in [7, 11) is 1.89. The minimum atomic E-state index is -0.226. The van der Waals surface area contributed by atoms with Crippen molar-refractivity contribution in [2.24, 2.45) is 12.5 Å². The molecule has 1 fully saturated rings. The summed E-state index contributed by atoms with van der Waals surface area (Å²) >= 11 is 0. The van der Waals surface area contributed by atoms with Crippen LogP contribution in [0.3, 0.4) is 0 Å². The van der Waals surface area contributed by atoms with Crippen LogP contribution in [0.1, 0.15) is 55.7 Å². The van der Waals surface area contributed by atoms with Gasteiger partial charge in [-0.1, -0.05) is 31.4 Å². The number of nitrogens with one attached hydrogen (secondary N) is 1. The largest absolute Gasteiger partial charge is 0.396 e. The Bertz CT molecular complexity index is 674. The first-order valence-electron chi connectivity index (χ1n) is 9.20. The molecule has 2 N–H and O–H groups in total. The summed E-state index contributed by atoms with van der Waals surface area (Å²) in [5, 5.41) is 17.5. The van der Waals surface area contributed by atoms with Gasteiger partial charge < -0.3 is 10.4 Å². The maximum absolute atomic E-state index is 13.8. The topological polar surface area (TPSA) is 50.1 Å². The summed E-state index contributed by atoms with van der Waals surface area (Å²) in [4.78, 5) is 0. The van der Waals surface area contributed by atoms with E-state index in [4.69, 9.17) is 0 Å². The molecule has 1 unspecified atom stereocenters. The summed E-state index contributed by atoms with van der Waals surface area (Å²) in [5.74, 6) is -0.226. The predicted octanol–water partition coefficient (Wildman–Crippen LogP) is 3.57. The number of rotatable bonds is 7. The summed E-state index contributed by atoms with van der Waals surface area (Å²) in [5.41, 5.74) is 2.08. The van der Waals surface area contributed by atoms with E-state index in [0.29, 0.717) is 0 Å². The SMILES string of the molecule is Cn1cc(C(NCC2(CCO)CCCCC2)c2cccc(F)c2)cn1. The Balaban J connectivity index is 1.82.